The van der Waals surface area contributed by atoms with Gasteiger partial charge in [-0.1, -0.05) is 20.8 Å². The van der Waals surface area contributed by atoms with Gasteiger partial charge in [-0.3, -0.25) is 14.4 Å². The molecule has 0 aromatic heterocycles. The van der Waals surface area contributed by atoms with E-state index >= 15 is 0 Å². The maximum atomic E-state index is 14.3. The number of aliphatic imine (C=N–C) groups is 1. The number of carbonyl (C=O) groups is 4. The number of ketones is 1. The van der Waals surface area contributed by atoms with Gasteiger partial charge in [0.2, 0.25) is 5.91 Å². The predicted octanol–water partition coefficient (Wildman–Crippen LogP) is 2.79. The van der Waals surface area contributed by atoms with Crippen LogP contribution in [0.1, 0.15) is 88.0 Å². The van der Waals surface area contributed by atoms with Gasteiger partial charge in [0.05, 0.1) is 43.7 Å². The Hall–Kier alpha value is -2.59. The van der Waals surface area contributed by atoms with E-state index in [9.17, 15) is 29.4 Å². The molecule has 1 amide bonds. The topological polar surface area (TPSA) is 180 Å². The number of cyclic esters (lactones) is 1. The molecule has 0 saturated carbocycles. The highest BCUT2D eigenvalue weighted by molar-refractivity contribution is 6.00. The van der Waals surface area contributed by atoms with Gasteiger partial charge in [0.25, 0.3) is 0 Å². The number of aliphatic hydroxyl groups excluding tert-OH is 1. The number of ether oxygens (including phenoxy) is 6. The van der Waals surface area contributed by atoms with E-state index in [0.717, 1.165) is 0 Å². The Morgan fingerprint density at radius 3 is 2.35 bits per heavy atom. The molecule has 0 unspecified atom stereocenters. The van der Waals surface area contributed by atoms with Crippen LogP contribution in [-0.2, 0) is 47.6 Å². The second-order valence-electron chi connectivity index (χ2n) is 15.0. The summed E-state index contributed by atoms with van der Waals surface area (Å²) in [4.78, 5) is 59.5. The first kappa shape index (κ1) is 42.8. The van der Waals surface area contributed by atoms with Gasteiger partial charge in [-0.2, -0.15) is 0 Å². The van der Waals surface area contributed by atoms with Crippen molar-refractivity contribution in [2.45, 2.75) is 142 Å². The largest absolute Gasteiger partial charge is 0.463 e. The van der Waals surface area contributed by atoms with Gasteiger partial charge in [0.1, 0.15) is 23.7 Å². The molecule has 2 N–H and O–H groups in total. The van der Waals surface area contributed by atoms with E-state index in [-0.39, 0.29) is 51.2 Å². The highest BCUT2D eigenvalue weighted by Gasteiger charge is 2.51. The Balaban J connectivity index is 2.33. The molecule has 0 spiro atoms. The number of rotatable bonds is 6. The highest BCUT2D eigenvalue weighted by Crippen LogP contribution is 2.39. The molecule has 3 heterocycles. The van der Waals surface area contributed by atoms with Crippen molar-refractivity contribution in [1.82, 2.24) is 4.90 Å². The highest BCUT2D eigenvalue weighted by atomic mass is 16.7. The monoisotopic (exact) mass is 724 g/mol. The van der Waals surface area contributed by atoms with Gasteiger partial charge in [0.15, 0.2) is 12.1 Å². The number of fused-ring (bicyclic) bond motifs is 5. The third kappa shape index (κ3) is 10.5. The first-order valence-corrected chi connectivity index (χ1v) is 18.1. The van der Waals surface area contributed by atoms with Gasteiger partial charge in [-0.15, -0.1) is 0 Å². The molecule has 0 aliphatic carbocycles. The van der Waals surface area contributed by atoms with Crippen LogP contribution < -0.4 is 0 Å². The molecule has 51 heavy (non-hydrogen) atoms. The van der Waals surface area contributed by atoms with Crippen molar-refractivity contribution in [1.29, 1.82) is 0 Å². The summed E-state index contributed by atoms with van der Waals surface area (Å²) in [5.41, 5.74) is -2.46. The van der Waals surface area contributed by atoms with Crippen LogP contribution in [0.3, 0.4) is 0 Å². The second kappa shape index (κ2) is 18.0. The molecule has 3 fully saturated rings. The van der Waals surface area contributed by atoms with Crippen LogP contribution in [0.5, 0.6) is 0 Å². The van der Waals surface area contributed by atoms with E-state index in [0.29, 0.717) is 17.7 Å². The van der Waals surface area contributed by atoms with Crippen LogP contribution in [0.2, 0.25) is 0 Å². The molecule has 14 nitrogen and oxygen atoms in total. The van der Waals surface area contributed by atoms with Crippen LogP contribution in [0.25, 0.3) is 0 Å². The molecule has 3 aliphatic heterocycles. The normalized spacial score (nSPS) is 40.7. The van der Waals surface area contributed by atoms with E-state index in [2.05, 4.69) is 4.99 Å². The SMILES string of the molecule is CCOC(=O)/C=C1/CO[C@H]2CC(=NC(C)=O)[C@H](C)C[C@@](C)(OC1)[C@H](O[C@@H]1O[C@H](C)C[C@H](N(C)C)[C@H]1O)[C@@H](C)C(=O)[C@@H](C)C(=O)O[C@@H](CC)[C@@]2(C)O. The molecular weight excluding hydrogens is 664 g/mol. The van der Waals surface area contributed by atoms with Crippen molar-refractivity contribution in [3.63, 3.8) is 0 Å². The lowest BCUT2D eigenvalue weighted by atomic mass is 9.76. The lowest BCUT2D eigenvalue weighted by Crippen LogP contribution is -2.59. The summed E-state index contributed by atoms with van der Waals surface area (Å²) in [6, 6.07) is -0.321. The number of hydrogen-bond acceptors (Lipinski definition) is 13. The fourth-order valence-electron chi connectivity index (χ4n) is 7.42. The van der Waals surface area contributed by atoms with Crippen LogP contribution in [-0.4, -0.2) is 132 Å². The summed E-state index contributed by atoms with van der Waals surface area (Å²) >= 11 is 0. The summed E-state index contributed by atoms with van der Waals surface area (Å²) in [6.45, 7) is 14.5. The zero-order valence-electron chi connectivity index (χ0n) is 32.2. The minimum Gasteiger partial charge on any atom is -0.463 e. The zero-order valence-corrected chi connectivity index (χ0v) is 32.2. The Morgan fingerprint density at radius 1 is 1.10 bits per heavy atom. The van der Waals surface area contributed by atoms with E-state index in [1.54, 1.807) is 27.7 Å². The van der Waals surface area contributed by atoms with Crippen LogP contribution in [0.15, 0.2) is 16.6 Å². The fourth-order valence-corrected chi connectivity index (χ4v) is 7.42. The molecule has 3 rings (SSSR count). The number of nitrogens with zero attached hydrogens (tertiary/aromatic N) is 2. The third-order valence-corrected chi connectivity index (χ3v) is 10.4. The van der Waals surface area contributed by atoms with Crippen LogP contribution in [0, 0.1) is 17.8 Å². The Morgan fingerprint density at radius 2 is 1.76 bits per heavy atom. The summed E-state index contributed by atoms with van der Waals surface area (Å²) in [6.07, 6.45) is -3.85. The van der Waals surface area contributed by atoms with Crippen molar-refractivity contribution < 1.29 is 57.8 Å². The summed E-state index contributed by atoms with van der Waals surface area (Å²) < 4.78 is 36.9. The standard InChI is InChI=1S/C37H60N2O12/c1-12-28-37(9,45)29-16-26(38-24(7)40)20(3)17-36(8,48-19-25(18-47-29)15-30(41)46-13-2)33(22(5)31(42)23(6)34(44)50-28)51-35-32(43)27(39(10)11)14-21(4)49-35/h15,20-23,27-29,32-33,35,43,45H,12-14,16-19H2,1-11H3/b25-15-,38-26?/t20-,21-,22+,23-,27+,28+,29+,32-,33-,35+,36-,37-/m1/s1. The van der Waals surface area contributed by atoms with Gasteiger partial charge < -0.3 is 43.5 Å². The molecule has 12 atom stereocenters. The van der Waals surface area contributed by atoms with Gasteiger partial charge in [-0.25, -0.2) is 9.79 Å². The zero-order chi connectivity index (χ0) is 38.4. The summed E-state index contributed by atoms with van der Waals surface area (Å²) in [7, 11) is 3.70. The molecule has 290 valence electrons. The minimum atomic E-state index is -1.83. The van der Waals surface area contributed by atoms with Crippen LogP contribution >= 0.6 is 0 Å². The van der Waals surface area contributed by atoms with Crippen molar-refractivity contribution in [2.24, 2.45) is 22.7 Å². The van der Waals surface area contributed by atoms with Gasteiger partial charge in [0, 0.05) is 37.1 Å². The van der Waals surface area contributed by atoms with Crippen molar-refractivity contribution >= 4 is 29.3 Å². The molecule has 3 saturated heterocycles. The number of aliphatic hydroxyl groups is 2. The molecular formula is C37H60N2O12. The summed E-state index contributed by atoms with van der Waals surface area (Å²) in [5, 5.41) is 23.6. The number of hydrogen-bond donors (Lipinski definition) is 2. The minimum absolute atomic E-state index is 0.0351. The number of Topliss-reactive ketones (excluding diaryl/α,β-unsaturated/α-hetero) is 1. The smallest absolute Gasteiger partial charge is 0.330 e. The third-order valence-electron chi connectivity index (χ3n) is 10.4. The lowest BCUT2D eigenvalue weighted by Gasteiger charge is -2.47. The van der Waals surface area contributed by atoms with E-state index in [4.69, 9.17) is 28.4 Å². The van der Waals surface area contributed by atoms with Gasteiger partial charge >= 0.3 is 11.9 Å². The number of esters is 2. The first-order valence-electron chi connectivity index (χ1n) is 18.1. The average Bonchev–Trinajstić information content (AvgIpc) is 3.06. The quantitative estimate of drug-likeness (QED) is 0.232. The average molecular weight is 725 g/mol. The molecule has 0 radical (unpaired) electrons. The summed E-state index contributed by atoms with van der Waals surface area (Å²) in [5.74, 6) is -5.23. The lowest BCUT2D eigenvalue weighted by molar-refractivity contribution is -0.296. The number of amides is 1. The van der Waals surface area contributed by atoms with Crippen molar-refractivity contribution in [2.75, 3.05) is 33.9 Å². The Bertz CT molecular complexity index is 1310. The van der Waals surface area contributed by atoms with E-state index < -0.39 is 83.3 Å². The van der Waals surface area contributed by atoms with Crippen molar-refractivity contribution in [3.8, 4) is 0 Å². The second-order valence-corrected chi connectivity index (χ2v) is 15.0. The molecule has 0 aromatic carbocycles. The van der Waals surface area contributed by atoms with Gasteiger partial charge in [-0.05, 0) is 79.5 Å². The molecule has 0 aromatic rings. The predicted molar refractivity (Wildman–Crippen MR) is 187 cm³/mol. The number of likely N-dealkylation sites (N-methyl/N-ethyl adjacent to an activating group) is 1. The Labute approximate surface area is 302 Å². The Kier molecular flexibility index (Phi) is 15.1. The van der Waals surface area contributed by atoms with E-state index in [1.807, 2.05) is 32.8 Å². The fraction of sp³-hybridized carbons (Fsp3) is 0.811. The van der Waals surface area contributed by atoms with Crippen molar-refractivity contribution in [3.05, 3.63) is 11.6 Å². The van der Waals surface area contributed by atoms with E-state index in [1.165, 1.54) is 26.8 Å². The maximum Gasteiger partial charge on any atom is 0.330 e. The maximum absolute atomic E-state index is 14.3. The molecule has 2 bridgehead atoms. The first-order chi connectivity index (χ1) is 23.7. The number of carbonyl (C=O) groups excluding carboxylic acids is 4. The molecule has 14 heteroatoms. The molecule has 3 aliphatic rings. The van der Waals surface area contributed by atoms with Crippen LogP contribution in [0.4, 0.5) is 0 Å².